The van der Waals surface area contributed by atoms with Crippen LogP contribution in [0.25, 0.3) is 11.1 Å². The van der Waals surface area contributed by atoms with E-state index < -0.39 is 0 Å². The maximum absolute atomic E-state index is 6.14. The summed E-state index contributed by atoms with van der Waals surface area (Å²) < 4.78 is 0. The number of nitrogen functional groups attached to an aromatic ring is 1. The molecule has 94 valence electrons. The first-order valence-corrected chi connectivity index (χ1v) is 6.65. The highest BCUT2D eigenvalue weighted by atomic mass is 35.5. The number of rotatable bonds is 3. The summed E-state index contributed by atoms with van der Waals surface area (Å²) in [7, 11) is 0. The summed E-state index contributed by atoms with van der Waals surface area (Å²) in [4.78, 5) is 0. The van der Waals surface area contributed by atoms with Gasteiger partial charge in [0, 0.05) is 10.7 Å². The lowest BCUT2D eigenvalue weighted by atomic mass is 9.94. The van der Waals surface area contributed by atoms with E-state index in [1.807, 2.05) is 30.3 Å². The summed E-state index contributed by atoms with van der Waals surface area (Å²) in [6.07, 6.45) is 1.10. The van der Waals surface area contributed by atoms with Crippen molar-refractivity contribution in [1.29, 1.82) is 0 Å². The van der Waals surface area contributed by atoms with E-state index in [2.05, 4.69) is 26.0 Å². The third-order valence-corrected chi connectivity index (χ3v) is 3.66. The Labute approximate surface area is 114 Å². The fraction of sp³-hybridized carbons (Fsp3) is 0.250. The minimum atomic E-state index is 0.504. The van der Waals surface area contributed by atoms with Gasteiger partial charge in [-0.25, -0.2) is 0 Å². The largest absolute Gasteiger partial charge is 0.398 e. The molecule has 0 aliphatic carbocycles. The maximum atomic E-state index is 6.14. The molecular weight excluding hydrogens is 242 g/mol. The average molecular weight is 260 g/mol. The van der Waals surface area contributed by atoms with Crippen LogP contribution < -0.4 is 5.73 Å². The smallest absolute Gasteiger partial charge is 0.0406 e. The van der Waals surface area contributed by atoms with Gasteiger partial charge in [-0.3, -0.25) is 0 Å². The maximum Gasteiger partial charge on any atom is 0.0406 e. The fourth-order valence-corrected chi connectivity index (χ4v) is 2.19. The Bertz CT molecular complexity index is 531. The predicted molar refractivity (Wildman–Crippen MR) is 80.0 cm³/mol. The molecule has 1 nitrogen and oxygen atoms in total. The van der Waals surface area contributed by atoms with Crippen LogP contribution in [0.5, 0.6) is 0 Å². The molecular formula is C16H18ClN. The summed E-state index contributed by atoms with van der Waals surface area (Å²) in [5.41, 5.74) is 10.5. The molecule has 0 aliphatic rings. The predicted octanol–water partition coefficient (Wildman–Crippen LogP) is 5.10. The SMILES string of the molecule is CCC(C)c1ccc(-c2ccc(Cl)cc2)cc1N. The molecule has 2 heteroatoms. The van der Waals surface area contributed by atoms with Crippen molar-refractivity contribution in [2.45, 2.75) is 26.2 Å². The minimum absolute atomic E-state index is 0.504. The van der Waals surface area contributed by atoms with Crippen LogP contribution in [-0.2, 0) is 0 Å². The van der Waals surface area contributed by atoms with Crippen molar-refractivity contribution in [3.05, 3.63) is 53.1 Å². The van der Waals surface area contributed by atoms with E-state index in [1.54, 1.807) is 0 Å². The number of nitrogens with two attached hydrogens (primary N) is 1. The average Bonchev–Trinajstić information content (AvgIpc) is 2.38. The van der Waals surface area contributed by atoms with E-state index in [4.69, 9.17) is 17.3 Å². The first-order chi connectivity index (χ1) is 8.61. The standard InChI is InChI=1S/C16H18ClN/c1-3-11(2)15-9-6-13(10-16(15)18)12-4-7-14(17)8-5-12/h4-11H,3,18H2,1-2H3. The van der Waals surface area contributed by atoms with Crippen molar-refractivity contribution < 1.29 is 0 Å². The van der Waals surface area contributed by atoms with Crippen molar-refractivity contribution >= 4 is 17.3 Å². The van der Waals surface area contributed by atoms with E-state index in [9.17, 15) is 0 Å². The van der Waals surface area contributed by atoms with E-state index in [0.717, 1.165) is 28.3 Å². The number of anilines is 1. The summed E-state index contributed by atoms with van der Waals surface area (Å²) >= 11 is 5.89. The van der Waals surface area contributed by atoms with Gasteiger partial charge in [-0.1, -0.05) is 49.7 Å². The Hall–Kier alpha value is -1.47. The summed E-state index contributed by atoms with van der Waals surface area (Å²) in [6.45, 7) is 4.38. The van der Waals surface area contributed by atoms with Gasteiger partial charge in [0.25, 0.3) is 0 Å². The van der Waals surface area contributed by atoms with Gasteiger partial charge in [0.15, 0.2) is 0 Å². The molecule has 0 heterocycles. The molecule has 0 saturated heterocycles. The molecule has 2 rings (SSSR count). The zero-order chi connectivity index (χ0) is 13.1. The summed E-state index contributed by atoms with van der Waals surface area (Å²) in [5.74, 6) is 0.504. The Morgan fingerprint density at radius 3 is 2.22 bits per heavy atom. The number of halogens is 1. The van der Waals surface area contributed by atoms with Crippen LogP contribution in [0.4, 0.5) is 5.69 Å². The zero-order valence-corrected chi connectivity index (χ0v) is 11.5. The molecule has 0 amide bonds. The molecule has 0 bridgehead atoms. The van der Waals surface area contributed by atoms with Crippen molar-refractivity contribution in [2.24, 2.45) is 0 Å². The Morgan fingerprint density at radius 1 is 1.06 bits per heavy atom. The van der Waals surface area contributed by atoms with Gasteiger partial charge in [0.1, 0.15) is 0 Å². The highest BCUT2D eigenvalue weighted by Gasteiger charge is 2.08. The quantitative estimate of drug-likeness (QED) is 0.762. The number of hydrogen-bond acceptors (Lipinski definition) is 1. The van der Waals surface area contributed by atoms with Gasteiger partial charge in [0.2, 0.25) is 0 Å². The molecule has 1 unspecified atom stereocenters. The van der Waals surface area contributed by atoms with E-state index in [0.29, 0.717) is 5.92 Å². The second-order valence-electron chi connectivity index (χ2n) is 4.66. The van der Waals surface area contributed by atoms with Crippen LogP contribution in [0.3, 0.4) is 0 Å². The third kappa shape index (κ3) is 2.68. The zero-order valence-electron chi connectivity index (χ0n) is 10.8. The molecule has 0 aromatic heterocycles. The monoisotopic (exact) mass is 259 g/mol. The number of benzene rings is 2. The van der Waals surface area contributed by atoms with Gasteiger partial charge < -0.3 is 5.73 Å². The van der Waals surface area contributed by atoms with Crippen LogP contribution in [-0.4, -0.2) is 0 Å². The molecule has 0 spiro atoms. The van der Waals surface area contributed by atoms with Gasteiger partial charge >= 0.3 is 0 Å². The Morgan fingerprint density at radius 2 is 1.67 bits per heavy atom. The van der Waals surface area contributed by atoms with Crippen molar-refractivity contribution in [2.75, 3.05) is 5.73 Å². The fourth-order valence-electron chi connectivity index (χ4n) is 2.07. The third-order valence-electron chi connectivity index (χ3n) is 3.41. The lowest BCUT2D eigenvalue weighted by Gasteiger charge is -2.13. The first kappa shape index (κ1) is 13.0. The first-order valence-electron chi connectivity index (χ1n) is 6.27. The second-order valence-corrected chi connectivity index (χ2v) is 5.10. The minimum Gasteiger partial charge on any atom is -0.398 e. The van der Waals surface area contributed by atoms with Crippen molar-refractivity contribution in [3.8, 4) is 11.1 Å². The molecule has 18 heavy (non-hydrogen) atoms. The highest BCUT2D eigenvalue weighted by molar-refractivity contribution is 6.30. The van der Waals surface area contributed by atoms with Crippen molar-refractivity contribution in [3.63, 3.8) is 0 Å². The van der Waals surface area contributed by atoms with Gasteiger partial charge in [-0.2, -0.15) is 0 Å². The molecule has 1 atom stereocenters. The van der Waals surface area contributed by atoms with Crippen LogP contribution in [0.1, 0.15) is 31.7 Å². The molecule has 0 saturated carbocycles. The van der Waals surface area contributed by atoms with Crippen LogP contribution in [0.2, 0.25) is 5.02 Å². The van der Waals surface area contributed by atoms with E-state index >= 15 is 0 Å². The Kier molecular flexibility index (Phi) is 3.93. The molecule has 2 N–H and O–H groups in total. The summed E-state index contributed by atoms with van der Waals surface area (Å²) in [5, 5.41) is 0.753. The van der Waals surface area contributed by atoms with Gasteiger partial charge in [0.05, 0.1) is 0 Å². The topological polar surface area (TPSA) is 26.0 Å². The molecule has 2 aromatic rings. The Balaban J connectivity index is 2.37. The van der Waals surface area contributed by atoms with Crippen LogP contribution in [0, 0.1) is 0 Å². The number of hydrogen-bond donors (Lipinski definition) is 1. The lowest BCUT2D eigenvalue weighted by molar-refractivity contribution is 0.736. The molecule has 0 radical (unpaired) electrons. The second kappa shape index (κ2) is 5.45. The molecule has 0 fully saturated rings. The van der Waals surface area contributed by atoms with Gasteiger partial charge in [-0.05, 0) is 47.2 Å². The molecule has 0 aliphatic heterocycles. The van der Waals surface area contributed by atoms with E-state index in [-0.39, 0.29) is 0 Å². The van der Waals surface area contributed by atoms with Gasteiger partial charge in [-0.15, -0.1) is 0 Å². The lowest BCUT2D eigenvalue weighted by Crippen LogP contribution is -1.98. The normalized spacial score (nSPS) is 12.4. The van der Waals surface area contributed by atoms with Crippen molar-refractivity contribution in [1.82, 2.24) is 0 Å². The van der Waals surface area contributed by atoms with Crippen LogP contribution in [0.15, 0.2) is 42.5 Å². The molecule has 2 aromatic carbocycles. The highest BCUT2D eigenvalue weighted by Crippen LogP contribution is 2.30. The van der Waals surface area contributed by atoms with Crippen LogP contribution >= 0.6 is 11.6 Å². The van der Waals surface area contributed by atoms with E-state index in [1.165, 1.54) is 5.56 Å². The summed E-state index contributed by atoms with van der Waals surface area (Å²) in [6, 6.07) is 14.1.